The van der Waals surface area contributed by atoms with Crippen molar-refractivity contribution >= 4 is 17.6 Å². The van der Waals surface area contributed by atoms with Gasteiger partial charge in [-0.05, 0) is 39.5 Å². The van der Waals surface area contributed by atoms with Crippen LogP contribution in [0.25, 0.3) is 0 Å². The SMILES string of the molecule is CC(C)(C)OC(=O)N1CCC(CN2CCn3ncc([N+](=O)[O-])c32)CC1. The smallest absolute Gasteiger partial charge is 0.410 e. The minimum absolute atomic E-state index is 0.0729. The van der Waals surface area contributed by atoms with E-state index in [-0.39, 0.29) is 16.7 Å². The summed E-state index contributed by atoms with van der Waals surface area (Å²) in [7, 11) is 0. The number of nitrogens with zero attached hydrogens (tertiary/aromatic N) is 5. The summed E-state index contributed by atoms with van der Waals surface area (Å²) >= 11 is 0. The van der Waals surface area contributed by atoms with Gasteiger partial charge in [0.25, 0.3) is 0 Å². The molecule has 0 bridgehead atoms. The second-order valence-electron chi connectivity index (χ2n) is 7.69. The van der Waals surface area contributed by atoms with Crippen LogP contribution in [-0.4, -0.2) is 57.5 Å². The van der Waals surface area contributed by atoms with Crippen LogP contribution < -0.4 is 4.90 Å². The molecule has 0 unspecified atom stereocenters. The summed E-state index contributed by atoms with van der Waals surface area (Å²) in [4.78, 5) is 26.7. The molecule has 2 aliphatic rings. The minimum Gasteiger partial charge on any atom is -0.444 e. The number of fused-ring (bicyclic) bond motifs is 1. The topological polar surface area (TPSA) is 93.7 Å². The molecule has 0 radical (unpaired) electrons. The Balaban J connectivity index is 1.55. The Morgan fingerprint density at radius 2 is 2.00 bits per heavy atom. The fourth-order valence-electron chi connectivity index (χ4n) is 3.42. The zero-order valence-corrected chi connectivity index (χ0v) is 15.0. The van der Waals surface area contributed by atoms with Crippen LogP contribution in [0.1, 0.15) is 33.6 Å². The van der Waals surface area contributed by atoms with E-state index in [2.05, 4.69) is 10.00 Å². The fourth-order valence-corrected chi connectivity index (χ4v) is 3.42. The number of likely N-dealkylation sites (tertiary alicyclic amines) is 1. The summed E-state index contributed by atoms with van der Waals surface area (Å²) in [6.45, 7) is 9.09. The number of ether oxygens (including phenoxy) is 1. The lowest BCUT2D eigenvalue weighted by Gasteiger charge is -2.34. The van der Waals surface area contributed by atoms with Crippen LogP contribution in [0.2, 0.25) is 0 Å². The first-order valence-corrected chi connectivity index (χ1v) is 8.67. The van der Waals surface area contributed by atoms with E-state index < -0.39 is 5.60 Å². The maximum atomic E-state index is 12.1. The van der Waals surface area contributed by atoms with Crippen molar-refractivity contribution < 1.29 is 14.5 Å². The van der Waals surface area contributed by atoms with Gasteiger partial charge in [0.15, 0.2) is 0 Å². The summed E-state index contributed by atoms with van der Waals surface area (Å²) in [5.74, 6) is 1.01. The molecule has 1 saturated heterocycles. The second-order valence-corrected chi connectivity index (χ2v) is 7.69. The number of hydrogen-bond acceptors (Lipinski definition) is 6. The lowest BCUT2D eigenvalue weighted by molar-refractivity contribution is -0.384. The molecule has 0 aliphatic carbocycles. The van der Waals surface area contributed by atoms with E-state index in [0.29, 0.717) is 31.4 Å². The van der Waals surface area contributed by atoms with Gasteiger partial charge in [-0.15, -0.1) is 0 Å². The molecule has 0 N–H and O–H groups in total. The summed E-state index contributed by atoms with van der Waals surface area (Å²) in [6, 6.07) is 0. The molecule has 25 heavy (non-hydrogen) atoms. The van der Waals surface area contributed by atoms with Crippen LogP contribution in [0, 0.1) is 16.0 Å². The molecule has 9 nitrogen and oxygen atoms in total. The van der Waals surface area contributed by atoms with E-state index in [9.17, 15) is 14.9 Å². The second kappa shape index (κ2) is 6.53. The van der Waals surface area contributed by atoms with Gasteiger partial charge >= 0.3 is 11.8 Å². The molecule has 0 spiro atoms. The number of piperidine rings is 1. The zero-order valence-electron chi connectivity index (χ0n) is 15.0. The normalized spacial score (nSPS) is 18.4. The quantitative estimate of drug-likeness (QED) is 0.612. The molecule has 0 atom stereocenters. The third-order valence-electron chi connectivity index (χ3n) is 4.62. The molecule has 3 heterocycles. The highest BCUT2D eigenvalue weighted by atomic mass is 16.6. The molecular formula is C16H25N5O4. The van der Waals surface area contributed by atoms with Crippen molar-refractivity contribution in [1.29, 1.82) is 0 Å². The van der Waals surface area contributed by atoms with E-state index in [0.717, 1.165) is 25.9 Å². The molecular weight excluding hydrogens is 326 g/mol. The summed E-state index contributed by atoms with van der Waals surface area (Å²) in [6.07, 6.45) is 2.81. The van der Waals surface area contributed by atoms with Crippen molar-refractivity contribution in [3.63, 3.8) is 0 Å². The summed E-state index contributed by atoms with van der Waals surface area (Å²) in [5, 5.41) is 15.3. The number of carbonyl (C=O) groups is 1. The first kappa shape index (κ1) is 17.5. The maximum absolute atomic E-state index is 12.1. The van der Waals surface area contributed by atoms with Gasteiger partial charge in [0, 0.05) is 26.2 Å². The van der Waals surface area contributed by atoms with Crippen molar-refractivity contribution in [2.45, 2.75) is 45.8 Å². The van der Waals surface area contributed by atoms with Gasteiger partial charge in [-0.2, -0.15) is 5.10 Å². The molecule has 1 aromatic rings. The Kier molecular flexibility index (Phi) is 4.57. The number of rotatable bonds is 3. The lowest BCUT2D eigenvalue weighted by Crippen LogP contribution is -2.43. The number of nitro groups is 1. The van der Waals surface area contributed by atoms with Gasteiger partial charge < -0.3 is 14.5 Å². The number of hydrogen-bond donors (Lipinski definition) is 0. The van der Waals surface area contributed by atoms with Crippen LogP contribution in [0.4, 0.5) is 16.3 Å². The fraction of sp³-hybridized carbons (Fsp3) is 0.750. The molecule has 1 aromatic heterocycles. The average molecular weight is 351 g/mol. The van der Waals surface area contributed by atoms with Crippen molar-refractivity contribution in [3.05, 3.63) is 16.3 Å². The van der Waals surface area contributed by atoms with Gasteiger partial charge in [-0.3, -0.25) is 10.1 Å². The predicted molar refractivity (Wildman–Crippen MR) is 91.6 cm³/mol. The highest BCUT2D eigenvalue weighted by Crippen LogP contribution is 2.33. The van der Waals surface area contributed by atoms with Gasteiger partial charge in [0.1, 0.15) is 11.8 Å². The molecule has 0 saturated carbocycles. The van der Waals surface area contributed by atoms with Crippen molar-refractivity contribution in [2.24, 2.45) is 5.92 Å². The van der Waals surface area contributed by atoms with Crippen molar-refractivity contribution in [2.75, 3.05) is 31.1 Å². The van der Waals surface area contributed by atoms with Crippen LogP contribution >= 0.6 is 0 Å². The minimum atomic E-state index is -0.485. The number of anilines is 1. The standard InChI is InChI=1S/C16H25N5O4/c1-16(2,3)25-15(22)18-6-4-12(5-7-18)11-19-8-9-20-14(19)13(10-17-20)21(23)24/h10,12H,4-9,11H2,1-3H3. The molecule has 1 fully saturated rings. The van der Waals surface area contributed by atoms with E-state index in [4.69, 9.17) is 4.74 Å². The zero-order chi connectivity index (χ0) is 18.2. The van der Waals surface area contributed by atoms with E-state index >= 15 is 0 Å². The predicted octanol–water partition coefficient (Wildman–Crippen LogP) is 2.26. The Bertz CT molecular complexity index is 658. The Morgan fingerprint density at radius 3 is 2.60 bits per heavy atom. The van der Waals surface area contributed by atoms with E-state index in [1.807, 2.05) is 20.8 Å². The Morgan fingerprint density at radius 1 is 1.32 bits per heavy atom. The van der Waals surface area contributed by atoms with E-state index in [1.54, 1.807) is 9.58 Å². The van der Waals surface area contributed by atoms with Crippen LogP contribution in [0.15, 0.2) is 6.20 Å². The average Bonchev–Trinajstić information content (AvgIpc) is 3.09. The van der Waals surface area contributed by atoms with Gasteiger partial charge in [-0.25, -0.2) is 9.48 Å². The lowest BCUT2D eigenvalue weighted by atomic mass is 9.96. The molecule has 1 amide bonds. The number of carbonyl (C=O) groups excluding carboxylic acids is 1. The van der Waals surface area contributed by atoms with Crippen molar-refractivity contribution in [1.82, 2.24) is 14.7 Å². The summed E-state index contributed by atoms with van der Waals surface area (Å²) in [5.41, 5.74) is -0.412. The molecule has 3 rings (SSSR count). The molecule has 0 aromatic carbocycles. The Labute approximate surface area is 146 Å². The van der Waals surface area contributed by atoms with Crippen LogP contribution in [0.5, 0.6) is 0 Å². The Hall–Kier alpha value is -2.32. The summed E-state index contributed by atoms with van der Waals surface area (Å²) < 4.78 is 7.12. The van der Waals surface area contributed by atoms with Gasteiger partial charge in [-0.1, -0.05) is 0 Å². The van der Waals surface area contributed by atoms with Crippen molar-refractivity contribution in [3.8, 4) is 0 Å². The molecule has 2 aliphatic heterocycles. The largest absolute Gasteiger partial charge is 0.444 e. The third kappa shape index (κ3) is 3.85. The third-order valence-corrected chi connectivity index (χ3v) is 4.62. The maximum Gasteiger partial charge on any atom is 0.410 e. The molecule has 9 heteroatoms. The monoisotopic (exact) mass is 351 g/mol. The van der Waals surface area contributed by atoms with Crippen LogP contribution in [0.3, 0.4) is 0 Å². The number of amides is 1. The first-order valence-electron chi connectivity index (χ1n) is 8.67. The first-order chi connectivity index (χ1) is 11.7. The molecule has 138 valence electrons. The highest BCUT2D eigenvalue weighted by molar-refractivity contribution is 5.68. The van der Waals surface area contributed by atoms with Gasteiger partial charge in [0.05, 0.1) is 11.5 Å². The highest BCUT2D eigenvalue weighted by Gasteiger charge is 2.33. The number of aromatic nitrogens is 2. The van der Waals surface area contributed by atoms with Gasteiger partial charge in [0.2, 0.25) is 5.82 Å². The van der Waals surface area contributed by atoms with E-state index in [1.165, 1.54) is 6.20 Å². The van der Waals surface area contributed by atoms with Crippen LogP contribution in [-0.2, 0) is 11.3 Å².